The van der Waals surface area contributed by atoms with Crippen LogP contribution in [0.25, 0.3) is 0 Å². The van der Waals surface area contributed by atoms with E-state index in [9.17, 15) is 9.59 Å². The van der Waals surface area contributed by atoms with Crippen LogP contribution in [0.1, 0.15) is 22.3 Å². The number of halogens is 1. The van der Waals surface area contributed by atoms with Crippen LogP contribution in [0.4, 0.5) is 5.69 Å². The third-order valence-corrected chi connectivity index (χ3v) is 3.67. The van der Waals surface area contributed by atoms with Crippen LogP contribution in [0, 0.1) is 6.92 Å². The minimum atomic E-state index is -0.167. The quantitative estimate of drug-likeness (QED) is 0.848. The Morgan fingerprint density at radius 2 is 2.22 bits per heavy atom. The van der Waals surface area contributed by atoms with Gasteiger partial charge in [0, 0.05) is 24.8 Å². The average molecular weight is 311 g/mol. The Labute approximate surface area is 114 Å². The molecule has 1 aliphatic heterocycles. The molecule has 1 N–H and O–H groups in total. The predicted octanol–water partition coefficient (Wildman–Crippen LogP) is 1.85. The van der Waals surface area contributed by atoms with Crippen LogP contribution in [0.3, 0.4) is 0 Å². The van der Waals surface area contributed by atoms with Gasteiger partial charge in [0.1, 0.15) is 0 Å². The van der Waals surface area contributed by atoms with Crippen molar-refractivity contribution in [3.8, 4) is 0 Å². The molecule has 1 heterocycles. The Bertz CT molecular complexity index is 502. The normalized spacial score (nSPS) is 19.2. The molecule has 0 bridgehead atoms. The second-order valence-corrected chi connectivity index (χ2v) is 5.65. The van der Waals surface area contributed by atoms with Gasteiger partial charge in [-0.05, 0) is 18.6 Å². The van der Waals surface area contributed by atoms with Gasteiger partial charge in [-0.15, -0.1) is 0 Å². The van der Waals surface area contributed by atoms with Gasteiger partial charge in [-0.1, -0.05) is 28.1 Å². The van der Waals surface area contributed by atoms with Crippen LogP contribution in [0.5, 0.6) is 0 Å². The molecule has 2 amide bonds. The summed E-state index contributed by atoms with van der Waals surface area (Å²) in [6.07, 6.45) is 0.474. The molecule has 0 aliphatic carbocycles. The Morgan fingerprint density at radius 3 is 2.78 bits per heavy atom. The highest BCUT2D eigenvalue weighted by atomic mass is 79.9. The van der Waals surface area contributed by atoms with E-state index in [0.29, 0.717) is 18.5 Å². The van der Waals surface area contributed by atoms with E-state index in [-0.39, 0.29) is 16.6 Å². The number of alkyl halides is 1. The first-order valence-electron chi connectivity index (χ1n) is 5.80. The molecule has 1 unspecified atom stereocenters. The van der Waals surface area contributed by atoms with Gasteiger partial charge in [-0.25, -0.2) is 0 Å². The van der Waals surface area contributed by atoms with E-state index in [1.165, 1.54) is 0 Å². The van der Waals surface area contributed by atoms with Crippen molar-refractivity contribution in [2.45, 2.75) is 18.2 Å². The number of para-hydroxylation sites is 1. The molecule has 0 spiro atoms. The number of nitrogens with zero attached hydrogens (tertiary/aromatic N) is 1. The predicted molar refractivity (Wildman–Crippen MR) is 74.3 cm³/mol. The Morgan fingerprint density at radius 1 is 1.50 bits per heavy atom. The van der Waals surface area contributed by atoms with Gasteiger partial charge in [-0.3, -0.25) is 9.59 Å². The van der Waals surface area contributed by atoms with E-state index in [1.807, 2.05) is 19.1 Å². The summed E-state index contributed by atoms with van der Waals surface area (Å²) in [7, 11) is 1.59. The van der Waals surface area contributed by atoms with Crippen LogP contribution in [0.15, 0.2) is 18.2 Å². The van der Waals surface area contributed by atoms with Gasteiger partial charge in [0.15, 0.2) is 0 Å². The van der Waals surface area contributed by atoms with E-state index in [2.05, 4.69) is 21.2 Å². The van der Waals surface area contributed by atoms with Crippen molar-refractivity contribution in [1.82, 2.24) is 5.32 Å². The minimum Gasteiger partial charge on any atom is -0.355 e. The lowest BCUT2D eigenvalue weighted by Crippen LogP contribution is -2.29. The number of hydrogen-bond donors (Lipinski definition) is 1. The van der Waals surface area contributed by atoms with Crippen molar-refractivity contribution >= 4 is 33.4 Å². The molecule has 1 atom stereocenters. The lowest BCUT2D eigenvalue weighted by molar-refractivity contribution is -0.117. The summed E-state index contributed by atoms with van der Waals surface area (Å²) in [5.41, 5.74) is 2.21. The molecule has 1 aliphatic rings. The lowest BCUT2D eigenvalue weighted by atomic mass is 10.1. The van der Waals surface area contributed by atoms with Crippen LogP contribution < -0.4 is 10.2 Å². The van der Waals surface area contributed by atoms with Gasteiger partial charge in [0.25, 0.3) is 5.91 Å². The van der Waals surface area contributed by atoms with Crippen molar-refractivity contribution < 1.29 is 9.59 Å². The zero-order valence-electron chi connectivity index (χ0n) is 10.4. The van der Waals surface area contributed by atoms with Crippen LogP contribution in [0.2, 0.25) is 0 Å². The molecule has 0 radical (unpaired) electrons. The van der Waals surface area contributed by atoms with Crippen LogP contribution in [-0.4, -0.2) is 30.2 Å². The molecule has 0 aromatic heterocycles. The average Bonchev–Trinajstić information content (AvgIpc) is 2.67. The van der Waals surface area contributed by atoms with Crippen molar-refractivity contribution in [2.24, 2.45) is 0 Å². The maximum Gasteiger partial charge on any atom is 0.253 e. The van der Waals surface area contributed by atoms with E-state index in [4.69, 9.17) is 0 Å². The monoisotopic (exact) mass is 310 g/mol. The number of carbonyl (C=O) groups is 2. The maximum absolute atomic E-state index is 12.0. The third kappa shape index (κ3) is 2.27. The number of nitrogens with one attached hydrogen (secondary N) is 1. The molecule has 18 heavy (non-hydrogen) atoms. The van der Waals surface area contributed by atoms with E-state index in [1.54, 1.807) is 18.0 Å². The summed E-state index contributed by atoms with van der Waals surface area (Å²) in [4.78, 5) is 25.7. The molecule has 96 valence electrons. The van der Waals surface area contributed by atoms with Gasteiger partial charge in [0.2, 0.25) is 5.91 Å². The molecule has 1 fully saturated rings. The number of benzene rings is 1. The number of carbonyl (C=O) groups excluding carboxylic acids is 2. The maximum atomic E-state index is 12.0. The summed E-state index contributed by atoms with van der Waals surface area (Å²) in [6.45, 7) is 2.52. The summed E-state index contributed by atoms with van der Waals surface area (Å²) in [5.74, 6) is -0.115. The molecule has 1 aromatic rings. The smallest absolute Gasteiger partial charge is 0.253 e. The largest absolute Gasteiger partial charge is 0.355 e. The van der Waals surface area contributed by atoms with Gasteiger partial charge >= 0.3 is 0 Å². The highest BCUT2D eigenvalue weighted by molar-refractivity contribution is 9.09. The van der Waals surface area contributed by atoms with Crippen molar-refractivity contribution in [1.29, 1.82) is 0 Å². The number of hydrogen-bond acceptors (Lipinski definition) is 2. The fourth-order valence-electron chi connectivity index (χ4n) is 2.22. The second kappa shape index (κ2) is 5.10. The fourth-order valence-corrected chi connectivity index (χ4v) is 2.78. The molecule has 1 saturated heterocycles. The zero-order chi connectivity index (χ0) is 13.3. The Hall–Kier alpha value is -1.36. The van der Waals surface area contributed by atoms with Crippen molar-refractivity contribution in [2.75, 3.05) is 18.5 Å². The summed E-state index contributed by atoms with van der Waals surface area (Å²) in [6, 6.07) is 5.49. The van der Waals surface area contributed by atoms with Crippen LogP contribution in [-0.2, 0) is 4.79 Å². The van der Waals surface area contributed by atoms with E-state index in [0.717, 1.165) is 11.3 Å². The summed E-state index contributed by atoms with van der Waals surface area (Å²) in [5, 5.41) is 2.61. The number of anilines is 1. The molecular formula is C13H15BrN2O2. The Balaban J connectivity index is 2.49. The first-order chi connectivity index (χ1) is 8.54. The highest BCUT2D eigenvalue weighted by Crippen LogP contribution is 2.31. The van der Waals surface area contributed by atoms with Gasteiger partial charge in [0.05, 0.1) is 11.3 Å². The summed E-state index contributed by atoms with van der Waals surface area (Å²) >= 11 is 3.46. The zero-order valence-corrected chi connectivity index (χ0v) is 12.0. The SMILES string of the molecule is CNC(=O)c1cccc(C)c1N1CC(Br)CC1=O. The van der Waals surface area contributed by atoms with Gasteiger partial charge in [-0.2, -0.15) is 0 Å². The minimum absolute atomic E-state index is 0.0522. The fraction of sp³-hybridized carbons (Fsp3) is 0.385. The molecular weight excluding hydrogens is 296 g/mol. The molecule has 5 heteroatoms. The van der Waals surface area contributed by atoms with Crippen LogP contribution >= 0.6 is 15.9 Å². The molecule has 4 nitrogen and oxygen atoms in total. The van der Waals surface area contributed by atoms with Gasteiger partial charge < -0.3 is 10.2 Å². The number of aryl methyl sites for hydroxylation is 1. The first-order valence-corrected chi connectivity index (χ1v) is 6.72. The number of rotatable bonds is 2. The first kappa shape index (κ1) is 13.1. The highest BCUT2D eigenvalue weighted by Gasteiger charge is 2.31. The van der Waals surface area contributed by atoms with Crippen molar-refractivity contribution in [3.05, 3.63) is 29.3 Å². The topological polar surface area (TPSA) is 49.4 Å². The van der Waals surface area contributed by atoms with E-state index < -0.39 is 0 Å². The second-order valence-electron chi connectivity index (χ2n) is 4.36. The third-order valence-electron chi connectivity index (χ3n) is 3.06. The molecule has 1 aromatic carbocycles. The summed E-state index contributed by atoms with van der Waals surface area (Å²) < 4.78 is 0. The standard InChI is InChI=1S/C13H15BrN2O2/c1-8-4-3-5-10(13(18)15-2)12(8)16-7-9(14)6-11(16)17/h3-5,9H,6-7H2,1-2H3,(H,15,18). The Kier molecular flexibility index (Phi) is 3.71. The lowest BCUT2D eigenvalue weighted by Gasteiger charge is -2.21. The van der Waals surface area contributed by atoms with Crippen molar-refractivity contribution in [3.63, 3.8) is 0 Å². The van der Waals surface area contributed by atoms with E-state index >= 15 is 0 Å². The number of amides is 2. The molecule has 2 rings (SSSR count). The molecule has 0 saturated carbocycles.